The summed E-state index contributed by atoms with van der Waals surface area (Å²) in [6.07, 6.45) is 1.63. The highest BCUT2D eigenvalue weighted by molar-refractivity contribution is 8.76. The van der Waals surface area contributed by atoms with Crippen molar-refractivity contribution in [3.8, 4) is 5.75 Å². The molecule has 0 saturated heterocycles. The van der Waals surface area contributed by atoms with Crippen LogP contribution < -0.4 is 4.74 Å². The molecule has 4 nitrogen and oxygen atoms in total. The molecule has 0 radical (unpaired) electrons. The largest absolute Gasteiger partial charge is 0.424 e. The Labute approximate surface area is 95.8 Å². The van der Waals surface area contributed by atoms with Gasteiger partial charge in [-0.1, -0.05) is 10.8 Å². The normalized spacial score (nSPS) is 10.0. The maximum atomic E-state index is 10.8. The molecule has 1 N–H and O–H groups in total. The molecule has 1 aromatic heterocycles. The first kappa shape index (κ1) is 12.4. The van der Waals surface area contributed by atoms with Gasteiger partial charge in [-0.15, -0.1) is 0 Å². The van der Waals surface area contributed by atoms with Crippen LogP contribution in [0.1, 0.15) is 6.92 Å². The lowest BCUT2D eigenvalue weighted by Crippen LogP contribution is -2.02. The molecular weight excluding hydrogens is 234 g/mol. The number of hydrogen-bond donors (Lipinski definition) is 1. The SMILES string of the molecule is CC(=O)Oc1cccnc1SSCCO. The number of esters is 1. The van der Waals surface area contributed by atoms with Crippen LogP contribution in [0.4, 0.5) is 0 Å². The molecule has 0 bridgehead atoms. The lowest BCUT2D eigenvalue weighted by atomic mass is 10.5. The zero-order chi connectivity index (χ0) is 11.1. The Bertz CT molecular complexity index is 333. The highest BCUT2D eigenvalue weighted by Crippen LogP contribution is 2.35. The predicted octanol–water partition coefficient (Wildman–Crippen LogP) is 1.74. The van der Waals surface area contributed by atoms with E-state index >= 15 is 0 Å². The van der Waals surface area contributed by atoms with Crippen molar-refractivity contribution in [2.24, 2.45) is 0 Å². The molecule has 0 aliphatic rings. The fraction of sp³-hybridized carbons (Fsp3) is 0.333. The van der Waals surface area contributed by atoms with Gasteiger partial charge in [-0.25, -0.2) is 4.98 Å². The van der Waals surface area contributed by atoms with Crippen LogP contribution in [0.3, 0.4) is 0 Å². The molecule has 0 saturated carbocycles. The molecule has 0 spiro atoms. The van der Waals surface area contributed by atoms with E-state index in [2.05, 4.69) is 4.98 Å². The van der Waals surface area contributed by atoms with Crippen LogP contribution >= 0.6 is 21.6 Å². The van der Waals surface area contributed by atoms with E-state index in [-0.39, 0.29) is 12.6 Å². The minimum atomic E-state index is -0.364. The Hall–Kier alpha value is -0.720. The van der Waals surface area contributed by atoms with Gasteiger partial charge >= 0.3 is 5.97 Å². The van der Waals surface area contributed by atoms with Crippen LogP contribution in [0, 0.1) is 0 Å². The number of hydrogen-bond acceptors (Lipinski definition) is 6. The van der Waals surface area contributed by atoms with Crippen LogP contribution in [0.2, 0.25) is 0 Å². The van der Waals surface area contributed by atoms with E-state index in [1.165, 1.54) is 28.5 Å². The highest BCUT2D eigenvalue weighted by Gasteiger charge is 2.07. The number of rotatable bonds is 5. The summed E-state index contributed by atoms with van der Waals surface area (Å²) in [6, 6.07) is 3.40. The van der Waals surface area contributed by atoms with Crippen LogP contribution in [0.15, 0.2) is 23.4 Å². The maximum absolute atomic E-state index is 10.8. The summed E-state index contributed by atoms with van der Waals surface area (Å²) in [6.45, 7) is 1.47. The summed E-state index contributed by atoms with van der Waals surface area (Å²) in [5.41, 5.74) is 0. The lowest BCUT2D eigenvalue weighted by Gasteiger charge is -2.05. The quantitative estimate of drug-likeness (QED) is 0.484. The highest BCUT2D eigenvalue weighted by atomic mass is 33.1. The second-order valence-corrected chi connectivity index (χ2v) is 4.93. The number of carbonyl (C=O) groups excluding carboxylic acids is 1. The summed E-state index contributed by atoms with van der Waals surface area (Å²) in [7, 11) is 2.84. The summed E-state index contributed by atoms with van der Waals surface area (Å²) >= 11 is 0. The first-order valence-corrected chi connectivity index (χ1v) is 6.59. The van der Waals surface area contributed by atoms with Crippen molar-refractivity contribution in [1.29, 1.82) is 0 Å². The third-order valence-electron chi connectivity index (χ3n) is 1.30. The van der Waals surface area contributed by atoms with Gasteiger partial charge < -0.3 is 9.84 Å². The molecule has 1 heterocycles. The summed E-state index contributed by atoms with van der Waals surface area (Å²) in [4.78, 5) is 14.9. The summed E-state index contributed by atoms with van der Waals surface area (Å²) < 4.78 is 4.98. The van der Waals surface area contributed by atoms with E-state index in [4.69, 9.17) is 9.84 Å². The minimum Gasteiger partial charge on any atom is -0.424 e. The molecule has 0 aliphatic heterocycles. The van der Waals surface area contributed by atoms with Crippen molar-refractivity contribution in [3.63, 3.8) is 0 Å². The zero-order valence-electron chi connectivity index (χ0n) is 8.17. The number of aliphatic hydroxyl groups excluding tert-OH is 1. The van der Waals surface area contributed by atoms with Crippen molar-refractivity contribution >= 4 is 27.6 Å². The topological polar surface area (TPSA) is 59.4 Å². The molecule has 6 heteroatoms. The minimum absolute atomic E-state index is 0.118. The average molecular weight is 245 g/mol. The third kappa shape index (κ3) is 4.55. The van der Waals surface area contributed by atoms with Crippen LogP contribution in [-0.4, -0.2) is 28.4 Å². The van der Waals surface area contributed by atoms with Gasteiger partial charge in [-0.2, -0.15) is 0 Å². The molecule has 0 fully saturated rings. The second kappa shape index (κ2) is 6.71. The first-order chi connectivity index (χ1) is 7.24. The summed E-state index contributed by atoms with van der Waals surface area (Å²) in [5, 5.41) is 9.26. The Morgan fingerprint density at radius 3 is 3.13 bits per heavy atom. The average Bonchev–Trinajstić information content (AvgIpc) is 2.20. The predicted molar refractivity (Wildman–Crippen MR) is 60.9 cm³/mol. The van der Waals surface area contributed by atoms with Gasteiger partial charge in [-0.3, -0.25) is 4.79 Å². The number of ether oxygens (including phenoxy) is 1. The zero-order valence-corrected chi connectivity index (χ0v) is 9.81. The number of nitrogens with zero attached hydrogens (tertiary/aromatic N) is 1. The number of carbonyl (C=O) groups is 1. The van der Waals surface area contributed by atoms with Crippen LogP contribution in [-0.2, 0) is 4.79 Å². The molecule has 1 aromatic rings. The van der Waals surface area contributed by atoms with Crippen LogP contribution in [0.5, 0.6) is 5.75 Å². The number of aromatic nitrogens is 1. The monoisotopic (exact) mass is 245 g/mol. The molecule has 82 valence electrons. The molecular formula is C9H11NO3S2. The fourth-order valence-electron chi connectivity index (χ4n) is 0.806. The van der Waals surface area contributed by atoms with E-state index in [9.17, 15) is 4.79 Å². The summed E-state index contributed by atoms with van der Waals surface area (Å²) in [5.74, 6) is 0.707. The van der Waals surface area contributed by atoms with E-state index < -0.39 is 0 Å². The third-order valence-corrected chi connectivity index (χ3v) is 3.56. The van der Waals surface area contributed by atoms with Gasteiger partial charge in [0.2, 0.25) is 0 Å². The Morgan fingerprint density at radius 1 is 1.67 bits per heavy atom. The number of aliphatic hydroxyl groups is 1. The molecule has 0 atom stereocenters. The van der Waals surface area contributed by atoms with E-state index in [1.54, 1.807) is 18.3 Å². The van der Waals surface area contributed by atoms with E-state index in [1.807, 2.05) is 0 Å². The Balaban J connectivity index is 2.64. The van der Waals surface area contributed by atoms with Crippen molar-refractivity contribution in [2.45, 2.75) is 11.9 Å². The van der Waals surface area contributed by atoms with Gasteiger partial charge in [-0.05, 0) is 22.9 Å². The molecule has 0 unspecified atom stereocenters. The molecule has 0 aliphatic carbocycles. The van der Waals surface area contributed by atoms with Crippen LogP contribution in [0.25, 0.3) is 0 Å². The van der Waals surface area contributed by atoms with Crippen molar-refractivity contribution in [1.82, 2.24) is 4.98 Å². The maximum Gasteiger partial charge on any atom is 0.308 e. The van der Waals surface area contributed by atoms with Gasteiger partial charge in [0, 0.05) is 18.9 Å². The molecule has 0 amide bonds. The molecule has 0 aromatic carbocycles. The van der Waals surface area contributed by atoms with Gasteiger partial charge in [0.25, 0.3) is 0 Å². The first-order valence-electron chi connectivity index (χ1n) is 4.28. The van der Waals surface area contributed by atoms with Gasteiger partial charge in [0.05, 0.1) is 6.61 Å². The Morgan fingerprint density at radius 2 is 2.47 bits per heavy atom. The van der Waals surface area contributed by atoms with Crippen molar-refractivity contribution in [2.75, 3.05) is 12.4 Å². The molecule has 1 rings (SSSR count). The van der Waals surface area contributed by atoms with E-state index in [0.717, 1.165) is 0 Å². The lowest BCUT2D eigenvalue weighted by molar-refractivity contribution is -0.132. The van der Waals surface area contributed by atoms with E-state index in [0.29, 0.717) is 16.5 Å². The Kier molecular flexibility index (Phi) is 5.52. The van der Waals surface area contributed by atoms with Crippen molar-refractivity contribution < 1.29 is 14.6 Å². The standard InChI is InChI=1S/C9H11NO3S2/c1-7(12)13-8-3-2-4-10-9(8)15-14-6-5-11/h2-4,11H,5-6H2,1H3. The van der Waals surface area contributed by atoms with Crippen molar-refractivity contribution in [3.05, 3.63) is 18.3 Å². The van der Waals surface area contributed by atoms with Gasteiger partial charge in [0.1, 0.15) is 5.03 Å². The smallest absolute Gasteiger partial charge is 0.308 e. The number of pyridine rings is 1. The fourth-order valence-corrected chi connectivity index (χ4v) is 2.56. The second-order valence-electron chi connectivity index (χ2n) is 2.53. The van der Waals surface area contributed by atoms with Gasteiger partial charge in [0.15, 0.2) is 5.75 Å². The molecule has 15 heavy (non-hydrogen) atoms.